The van der Waals surface area contributed by atoms with Crippen molar-refractivity contribution in [2.24, 2.45) is 0 Å². The third-order valence-corrected chi connectivity index (χ3v) is 4.23. The molecule has 0 aliphatic carbocycles. The van der Waals surface area contributed by atoms with Crippen LogP contribution in [0.2, 0.25) is 5.02 Å². The summed E-state index contributed by atoms with van der Waals surface area (Å²) in [5, 5.41) is 0.736. The predicted octanol–water partition coefficient (Wildman–Crippen LogP) is 3.57. The van der Waals surface area contributed by atoms with E-state index in [2.05, 4.69) is 51.2 Å². The highest BCUT2D eigenvalue weighted by atomic mass is 35.5. The van der Waals surface area contributed by atoms with E-state index >= 15 is 0 Å². The lowest BCUT2D eigenvalue weighted by molar-refractivity contribution is 0.284. The fourth-order valence-corrected chi connectivity index (χ4v) is 2.94. The molecule has 3 rings (SSSR count). The first-order valence-electron chi connectivity index (χ1n) is 7.61. The number of benzene rings is 1. The summed E-state index contributed by atoms with van der Waals surface area (Å²) < 4.78 is 0. The summed E-state index contributed by atoms with van der Waals surface area (Å²) in [5.74, 6) is 0. The summed E-state index contributed by atoms with van der Waals surface area (Å²) in [4.78, 5) is 8.84. The van der Waals surface area contributed by atoms with E-state index < -0.39 is 0 Å². The normalized spacial score (nSPS) is 16.3. The van der Waals surface area contributed by atoms with Gasteiger partial charge >= 0.3 is 0 Å². The van der Waals surface area contributed by atoms with Crippen molar-refractivity contribution in [3.05, 3.63) is 65.5 Å². The van der Waals surface area contributed by atoms with Gasteiger partial charge < -0.3 is 4.90 Å². The lowest BCUT2D eigenvalue weighted by Gasteiger charge is -2.35. The van der Waals surface area contributed by atoms with Gasteiger partial charge in [0.15, 0.2) is 0 Å². The van der Waals surface area contributed by atoms with Gasteiger partial charge in [-0.15, -0.1) is 0 Å². The predicted molar refractivity (Wildman–Crippen MR) is 93.4 cm³/mol. The van der Waals surface area contributed by atoms with Crippen LogP contribution in [0.3, 0.4) is 0 Å². The molecule has 2 heterocycles. The topological polar surface area (TPSA) is 19.4 Å². The average Bonchev–Trinajstić information content (AvgIpc) is 2.57. The largest absolute Gasteiger partial charge is 0.368 e. The third-order valence-electron chi connectivity index (χ3n) is 3.94. The van der Waals surface area contributed by atoms with Gasteiger partial charge in [-0.3, -0.25) is 9.88 Å². The molecule has 4 heteroatoms. The highest BCUT2D eigenvalue weighted by Crippen LogP contribution is 2.24. The molecular weight excluding hydrogens is 294 g/mol. The Kier molecular flexibility index (Phi) is 5.09. The fraction of sp³-hybridized carbons (Fsp3) is 0.278. The van der Waals surface area contributed by atoms with Crippen molar-refractivity contribution in [2.75, 3.05) is 37.6 Å². The number of halogens is 1. The summed E-state index contributed by atoms with van der Waals surface area (Å²) in [6.45, 7) is 5.11. The van der Waals surface area contributed by atoms with E-state index in [9.17, 15) is 0 Å². The molecule has 0 unspecified atom stereocenters. The van der Waals surface area contributed by atoms with Crippen LogP contribution >= 0.6 is 11.6 Å². The smallest absolute Gasteiger partial charge is 0.0822 e. The molecule has 22 heavy (non-hydrogen) atoms. The highest BCUT2D eigenvalue weighted by Gasteiger charge is 2.17. The Morgan fingerprint density at radius 2 is 1.82 bits per heavy atom. The van der Waals surface area contributed by atoms with Crippen molar-refractivity contribution < 1.29 is 0 Å². The zero-order chi connectivity index (χ0) is 15.2. The average molecular weight is 314 g/mol. The van der Waals surface area contributed by atoms with Crippen LogP contribution in [0.4, 0.5) is 5.69 Å². The van der Waals surface area contributed by atoms with Gasteiger partial charge in [-0.25, -0.2) is 0 Å². The number of anilines is 1. The summed E-state index contributed by atoms with van der Waals surface area (Å²) in [6, 6.07) is 12.4. The second-order valence-electron chi connectivity index (χ2n) is 5.43. The molecule has 0 saturated carbocycles. The van der Waals surface area contributed by atoms with Crippen molar-refractivity contribution in [3.8, 4) is 0 Å². The monoisotopic (exact) mass is 313 g/mol. The number of rotatable bonds is 4. The van der Waals surface area contributed by atoms with Gasteiger partial charge in [-0.1, -0.05) is 54.1 Å². The summed E-state index contributed by atoms with van der Waals surface area (Å²) in [6.07, 6.45) is 7.94. The van der Waals surface area contributed by atoms with Crippen LogP contribution in [0.5, 0.6) is 0 Å². The minimum Gasteiger partial charge on any atom is -0.368 e. The van der Waals surface area contributed by atoms with Crippen LogP contribution in [0, 0.1) is 0 Å². The molecule has 2 aromatic rings. The van der Waals surface area contributed by atoms with Crippen LogP contribution in [0.1, 0.15) is 5.56 Å². The van der Waals surface area contributed by atoms with E-state index in [1.54, 1.807) is 12.4 Å². The molecular formula is C18H20ClN3. The van der Waals surface area contributed by atoms with Crippen molar-refractivity contribution in [1.29, 1.82) is 0 Å². The zero-order valence-corrected chi connectivity index (χ0v) is 13.3. The van der Waals surface area contributed by atoms with Gasteiger partial charge in [0.25, 0.3) is 0 Å². The van der Waals surface area contributed by atoms with E-state index in [1.165, 1.54) is 5.56 Å². The van der Waals surface area contributed by atoms with Gasteiger partial charge in [0.05, 0.1) is 10.7 Å². The molecule has 114 valence electrons. The molecule has 0 spiro atoms. The molecule has 0 N–H and O–H groups in total. The molecule has 1 saturated heterocycles. The first-order valence-corrected chi connectivity index (χ1v) is 7.99. The quantitative estimate of drug-likeness (QED) is 0.860. The van der Waals surface area contributed by atoms with Gasteiger partial charge in [0.2, 0.25) is 0 Å². The minimum absolute atomic E-state index is 0.736. The highest BCUT2D eigenvalue weighted by molar-refractivity contribution is 6.33. The summed E-state index contributed by atoms with van der Waals surface area (Å²) in [5.41, 5.74) is 2.35. The maximum atomic E-state index is 6.22. The molecule has 1 aromatic carbocycles. The van der Waals surface area contributed by atoms with Crippen molar-refractivity contribution in [2.45, 2.75) is 0 Å². The maximum Gasteiger partial charge on any atom is 0.0822 e. The number of hydrogen-bond acceptors (Lipinski definition) is 3. The lowest BCUT2D eigenvalue weighted by Crippen LogP contribution is -2.46. The van der Waals surface area contributed by atoms with Crippen molar-refractivity contribution >= 4 is 23.4 Å². The first-order chi connectivity index (χ1) is 10.8. The second-order valence-corrected chi connectivity index (χ2v) is 5.83. The van der Waals surface area contributed by atoms with Crippen LogP contribution < -0.4 is 4.90 Å². The SMILES string of the molecule is Clc1cnccc1N1CCN(C/C=C/c2ccccc2)CC1. The van der Waals surface area contributed by atoms with Gasteiger partial charge in [0.1, 0.15) is 0 Å². The van der Waals surface area contributed by atoms with E-state index in [0.717, 1.165) is 43.4 Å². The van der Waals surface area contributed by atoms with Crippen molar-refractivity contribution in [3.63, 3.8) is 0 Å². The van der Waals surface area contributed by atoms with E-state index in [-0.39, 0.29) is 0 Å². The molecule has 1 fully saturated rings. The Balaban J connectivity index is 1.50. The molecule has 0 bridgehead atoms. The number of nitrogens with zero attached hydrogens (tertiary/aromatic N) is 3. The Bertz CT molecular complexity index is 619. The summed E-state index contributed by atoms with van der Waals surface area (Å²) >= 11 is 6.22. The number of piperazine rings is 1. The second kappa shape index (κ2) is 7.43. The first kappa shape index (κ1) is 15.1. The molecule has 0 amide bonds. The van der Waals surface area contributed by atoms with Gasteiger partial charge in [-0.05, 0) is 11.6 Å². The number of hydrogen-bond donors (Lipinski definition) is 0. The van der Waals surface area contributed by atoms with E-state index in [4.69, 9.17) is 11.6 Å². The Hall–Kier alpha value is -1.84. The maximum absolute atomic E-state index is 6.22. The van der Waals surface area contributed by atoms with Crippen LogP contribution in [0.25, 0.3) is 6.08 Å². The fourth-order valence-electron chi connectivity index (χ4n) is 2.70. The van der Waals surface area contributed by atoms with Gasteiger partial charge in [0, 0.05) is 45.1 Å². The zero-order valence-electron chi connectivity index (χ0n) is 12.5. The van der Waals surface area contributed by atoms with Crippen molar-refractivity contribution in [1.82, 2.24) is 9.88 Å². The minimum atomic E-state index is 0.736. The lowest BCUT2D eigenvalue weighted by atomic mass is 10.2. The van der Waals surface area contributed by atoms with Crippen LogP contribution in [-0.4, -0.2) is 42.6 Å². The van der Waals surface area contributed by atoms with E-state index in [0.29, 0.717) is 0 Å². The molecule has 3 nitrogen and oxygen atoms in total. The van der Waals surface area contributed by atoms with E-state index in [1.807, 2.05) is 12.1 Å². The summed E-state index contributed by atoms with van der Waals surface area (Å²) in [7, 11) is 0. The number of pyridine rings is 1. The number of aromatic nitrogens is 1. The standard InChI is InChI=1S/C18H20ClN3/c19-17-15-20-9-8-18(17)22-13-11-21(12-14-22)10-4-7-16-5-2-1-3-6-16/h1-9,15H,10-14H2/b7-4+. The van der Waals surface area contributed by atoms with Crippen LogP contribution in [0.15, 0.2) is 54.9 Å². The Morgan fingerprint density at radius 1 is 1.05 bits per heavy atom. The van der Waals surface area contributed by atoms with Crippen LogP contribution in [-0.2, 0) is 0 Å². The molecule has 1 aliphatic rings. The molecule has 0 radical (unpaired) electrons. The molecule has 0 atom stereocenters. The van der Waals surface area contributed by atoms with Gasteiger partial charge in [-0.2, -0.15) is 0 Å². The molecule has 1 aromatic heterocycles. The third kappa shape index (κ3) is 3.87. The Labute approximate surface area is 136 Å². The Morgan fingerprint density at radius 3 is 2.55 bits per heavy atom. The molecule has 1 aliphatic heterocycles.